The van der Waals surface area contributed by atoms with E-state index in [1.807, 2.05) is 25.1 Å². The molecule has 0 atom stereocenters. The van der Waals surface area contributed by atoms with Crippen LogP contribution in [0.2, 0.25) is 0 Å². The molecule has 0 radical (unpaired) electrons. The summed E-state index contributed by atoms with van der Waals surface area (Å²) < 4.78 is 5.38. The summed E-state index contributed by atoms with van der Waals surface area (Å²) in [5.74, 6) is -0.0692. The van der Waals surface area contributed by atoms with Crippen molar-refractivity contribution in [2.24, 2.45) is 0 Å². The Hall–Kier alpha value is -1.55. The Morgan fingerprint density at radius 1 is 1.37 bits per heavy atom. The van der Waals surface area contributed by atoms with Gasteiger partial charge in [0.25, 0.3) is 5.91 Å². The minimum absolute atomic E-state index is 0.0692. The van der Waals surface area contributed by atoms with E-state index < -0.39 is 0 Å². The van der Waals surface area contributed by atoms with Crippen LogP contribution in [0.4, 0.5) is 5.69 Å². The minimum atomic E-state index is -0.140. The Bertz CT molecular complexity index is 442. The fourth-order valence-electron chi connectivity index (χ4n) is 1.70. The molecule has 0 aliphatic carbocycles. The molecule has 0 unspecified atom stereocenters. The lowest BCUT2D eigenvalue weighted by molar-refractivity contribution is 0.0185. The second-order valence-corrected chi connectivity index (χ2v) is 5.25. The average Bonchev–Trinajstić information content (AvgIpc) is 2.40. The zero-order chi connectivity index (χ0) is 14.5. The van der Waals surface area contributed by atoms with Crippen LogP contribution in [0, 0.1) is 6.92 Å². The van der Waals surface area contributed by atoms with Gasteiger partial charge in [0.1, 0.15) is 0 Å². The zero-order valence-electron chi connectivity index (χ0n) is 12.5. The molecule has 0 spiro atoms. The van der Waals surface area contributed by atoms with Crippen molar-refractivity contribution in [3.8, 4) is 0 Å². The number of anilines is 1. The number of carbonyl (C=O) groups excluding carboxylic acids is 1. The maximum Gasteiger partial charge on any atom is 0.251 e. The van der Waals surface area contributed by atoms with Crippen molar-refractivity contribution in [3.05, 3.63) is 29.3 Å². The maximum atomic E-state index is 11.6. The van der Waals surface area contributed by atoms with E-state index in [-0.39, 0.29) is 11.5 Å². The Morgan fingerprint density at radius 2 is 2.05 bits per heavy atom. The van der Waals surface area contributed by atoms with Gasteiger partial charge in [0, 0.05) is 32.0 Å². The van der Waals surface area contributed by atoms with Gasteiger partial charge in [-0.3, -0.25) is 4.79 Å². The van der Waals surface area contributed by atoms with Crippen LogP contribution in [-0.4, -0.2) is 32.2 Å². The molecule has 1 rings (SSSR count). The minimum Gasteiger partial charge on any atom is -0.385 e. The lowest BCUT2D eigenvalue weighted by Crippen LogP contribution is -2.26. The summed E-state index contributed by atoms with van der Waals surface area (Å²) in [5.41, 5.74) is 2.65. The summed E-state index contributed by atoms with van der Waals surface area (Å²) >= 11 is 0. The van der Waals surface area contributed by atoms with Crippen LogP contribution in [0.3, 0.4) is 0 Å². The van der Waals surface area contributed by atoms with E-state index in [0.29, 0.717) is 5.56 Å². The monoisotopic (exact) mass is 264 g/mol. The third-order valence-corrected chi connectivity index (χ3v) is 3.32. The van der Waals surface area contributed by atoms with Crippen molar-refractivity contribution < 1.29 is 9.53 Å². The number of ether oxygens (including phenoxy) is 1. The predicted octanol–water partition coefficient (Wildman–Crippen LogP) is 2.58. The van der Waals surface area contributed by atoms with Gasteiger partial charge in [0.05, 0.1) is 5.60 Å². The summed E-state index contributed by atoms with van der Waals surface area (Å²) in [6, 6.07) is 5.67. The van der Waals surface area contributed by atoms with E-state index in [1.165, 1.54) is 0 Å². The summed E-state index contributed by atoms with van der Waals surface area (Å²) in [5, 5.41) is 5.99. The molecule has 106 valence electrons. The van der Waals surface area contributed by atoms with Gasteiger partial charge >= 0.3 is 0 Å². The first-order valence-corrected chi connectivity index (χ1v) is 6.51. The van der Waals surface area contributed by atoms with Gasteiger partial charge in [-0.05, 0) is 44.9 Å². The quantitative estimate of drug-likeness (QED) is 0.830. The summed E-state index contributed by atoms with van der Waals surface area (Å²) in [4.78, 5) is 11.6. The standard InChI is InChI=1S/C15H24N2O2/c1-11-6-7-12(14(18)16-4)10-13(11)17-9-8-15(2,3)19-5/h6-7,10,17H,8-9H2,1-5H3,(H,16,18). The highest BCUT2D eigenvalue weighted by Gasteiger charge is 2.15. The first kappa shape index (κ1) is 15.5. The smallest absolute Gasteiger partial charge is 0.251 e. The molecule has 1 amide bonds. The Kier molecular flexibility index (Phi) is 5.36. The molecule has 0 aliphatic rings. The molecule has 2 N–H and O–H groups in total. The molecule has 0 saturated carbocycles. The van der Waals surface area contributed by atoms with Gasteiger partial charge in [-0.1, -0.05) is 6.07 Å². The molecule has 19 heavy (non-hydrogen) atoms. The lowest BCUT2D eigenvalue weighted by atomic mass is 10.0. The van der Waals surface area contributed by atoms with Crippen molar-refractivity contribution in [1.82, 2.24) is 5.32 Å². The number of hydrogen-bond donors (Lipinski definition) is 2. The number of methoxy groups -OCH3 is 1. The summed E-state index contributed by atoms with van der Waals surface area (Å²) in [6.07, 6.45) is 0.896. The van der Waals surface area contributed by atoms with Crippen LogP contribution < -0.4 is 10.6 Å². The van der Waals surface area contributed by atoms with E-state index >= 15 is 0 Å². The number of benzene rings is 1. The molecule has 0 saturated heterocycles. The topological polar surface area (TPSA) is 50.4 Å². The number of nitrogens with one attached hydrogen (secondary N) is 2. The van der Waals surface area contributed by atoms with E-state index in [2.05, 4.69) is 24.5 Å². The highest BCUT2D eigenvalue weighted by Crippen LogP contribution is 2.18. The van der Waals surface area contributed by atoms with Crippen LogP contribution in [0.5, 0.6) is 0 Å². The van der Waals surface area contributed by atoms with Gasteiger partial charge < -0.3 is 15.4 Å². The van der Waals surface area contributed by atoms with Gasteiger partial charge in [-0.15, -0.1) is 0 Å². The molecule has 0 fully saturated rings. The molecular weight excluding hydrogens is 240 g/mol. The number of hydrogen-bond acceptors (Lipinski definition) is 3. The van der Waals surface area contributed by atoms with Gasteiger partial charge in [-0.2, -0.15) is 0 Å². The van der Waals surface area contributed by atoms with Crippen LogP contribution in [0.25, 0.3) is 0 Å². The molecule has 4 nitrogen and oxygen atoms in total. The predicted molar refractivity (Wildman–Crippen MR) is 78.8 cm³/mol. The second kappa shape index (κ2) is 6.57. The van der Waals surface area contributed by atoms with E-state index in [0.717, 1.165) is 24.2 Å². The van der Waals surface area contributed by atoms with E-state index in [9.17, 15) is 4.79 Å². The fourth-order valence-corrected chi connectivity index (χ4v) is 1.70. The zero-order valence-corrected chi connectivity index (χ0v) is 12.5. The highest BCUT2D eigenvalue weighted by molar-refractivity contribution is 5.95. The Labute approximate surface area is 115 Å². The van der Waals surface area contributed by atoms with Crippen molar-refractivity contribution >= 4 is 11.6 Å². The Morgan fingerprint density at radius 3 is 2.63 bits per heavy atom. The fraction of sp³-hybridized carbons (Fsp3) is 0.533. The van der Waals surface area contributed by atoms with Crippen molar-refractivity contribution in [1.29, 1.82) is 0 Å². The normalized spacial score (nSPS) is 11.2. The third kappa shape index (κ3) is 4.56. The van der Waals surface area contributed by atoms with Crippen molar-refractivity contribution in [2.75, 3.05) is 26.0 Å². The van der Waals surface area contributed by atoms with Crippen LogP contribution in [-0.2, 0) is 4.74 Å². The molecule has 0 aliphatic heterocycles. The summed E-state index contributed by atoms with van der Waals surface area (Å²) in [6.45, 7) is 6.95. The molecule has 1 aromatic carbocycles. The van der Waals surface area contributed by atoms with Gasteiger partial charge in [0.2, 0.25) is 0 Å². The summed E-state index contributed by atoms with van der Waals surface area (Å²) in [7, 11) is 3.36. The molecule has 1 aromatic rings. The van der Waals surface area contributed by atoms with Crippen LogP contribution in [0.1, 0.15) is 36.2 Å². The SMILES string of the molecule is CNC(=O)c1ccc(C)c(NCCC(C)(C)OC)c1. The molecular formula is C15H24N2O2. The van der Waals surface area contributed by atoms with E-state index in [1.54, 1.807) is 14.2 Å². The molecule has 4 heteroatoms. The number of rotatable bonds is 6. The highest BCUT2D eigenvalue weighted by atomic mass is 16.5. The second-order valence-electron chi connectivity index (χ2n) is 5.25. The number of amides is 1. The van der Waals surface area contributed by atoms with Crippen LogP contribution >= 0.6 is 0 Å². The van der Waals surface area contributed by atoms with Crippen LogP contribution in [0.15, 0.2) is 18.2 Å². The molecule has 0 aromatic heterocycles. The largest absolute Gasteiger partial charge is 0.385 e. The van der Waals surface area contributed by atoms with E-state index in [4.69, 9.17) is 4.74 Å². The first-order valence-electron chi connectivity index (χ1n) is 6.51. The van der Waals surface area contributed by atoms with Crippen molar-refractivity contribution in [2.45, 2.75) is 32.8 Å². The maximum absolute atomic E-state index is 11.6. The van der Waals surface area contributed by atoms with Crippen molar-refractivity contribution in [3.63, 3.8) is 0 Å². The first-order chi connectivity index (χ1) is 8.89. The third-order valence-electron chi connectivity index (χ3n) is 3.32. The van der Waals surface area contributed by atoms with Gasteiger partial charge in [0.15, 0.2) is 0 Å². The van der Waals surface area contributed by atoms with Gasteiger partial charge in [-0.25, -0.2) is 0 Å². The average molecular weight is 264 g/mol. The number of carbonyl (C=O) groups is 1. The molecule has 0 heterocycles. The Balaban J connectivity index is 2.70. The lowest BCUT2D eigenvalue weighted by Gasteiger charge is -2.23. The molecule has 0 bridgehead atoms. The number of aryl methyl sites for hydroxylation is 1.